The lowest BCUT2D eigenvalue weighted by Gasteiger charge is -1.95. The predicted molar refractivity (Wildman–Crippen MR) is 58.8 cm³/mol. The van der Waals surface area contributed by atoms with Crippen molar-refractivity contribution in [3.63, 3.8) is 0 Å². The molecule has 0 atom stereocenters. The van der Waals surface area contributed by atoms with Crippen molar-refractivity contribution in [1.82, 2.24) is 0 Å². The van der Waals surface area contributed by atoms with Crippen molar-refractivity contribution in [2.24, 2.45) is 0 Å². The van der Waals surface area contributed by atoms with Gasteiger partial charge in [0, 0.05) is 12.9 Å². The summed E-state index contributed by atoms with van der Waals surface area (Å²) < 4.78 is 4.89. The average molecular weight is 194 g/mol. The van der Waals surface area contributed by atoms with Crippen molar-refractivity contribution in [1.29, 1.82) is 0 Å². The molecule has 1 nitrogen and oxygen atoms in total. The van der Waals surface area contributed by atoms with E-state index in [0.29, 0.717) is 6.61 Å². The van der Waals surface area contributed by atoms with Gasteiger partial charge in [-0.25, -0.2) is 0 Å². The van der Waals surface area contributed by atoms with E-state index in [4.69, 9.17) is 4.74 Å². The van der Waals surface area contributed by atoms with Crippen LogP contribution in [0.3, 0.4) is 0 Å². The fraction of sp³-hybridized carbons (Fsp3) is 0.273. The molecular formula is C11H14OS. The molecule has 13 heavy (non-hydrogen) atoms. The maximum atomic E-state index is 4.89. The molecule has 1 aromatic carbocycles. The van der Waals surface area contributed by atoms with Crippen LogP contribution in [-0.2, 0) is 10.5 Å². The molecule has 0 aromatic heterocycles. The first-order valence-electron chi connectivity index (χ1n) is 4.23. The van der Waals surface area contributed by atoms with Crippen LogP contribution in [0.4, 0.5) is 0 Å². The van der Waals surface area contributed by atoms with E-state index in [-0.39, 0.29) is 0 Å². The molecule has 0 fully saturated rings. The fourth-order valence-corrected chi connectivity index (χ4v) is 1.62. The standard InChI is InChI=1S/C11H14OS/c1-12-8-5-9-13-10-11-6-3-2-4-7-11/h2-7,9H,8,10H2,1H3/b9-5+. The second kappa shape index (κ2) is 6.75. The van der Waals surface area contributed by atoms with Gasteiger partial charge in [0.25, 0.3) is 0 Å². The van der Waals surface area contributed by atoms with Crippen LogP contribution in [0.5, 0.6) is 0 Å². The van der Waals surface area contributed by atoms with Crippen molar-refractivity contribution in [2.75, 3.05) is 13.7 Å². The summed E-state index contributed by atoms with van der Waals surface area (Å²) in [5, 5.41) is 2.08. The normalized spacial score (nSPS) is 10.8. The Kier molecular flexibility index (Phi) is 5.38. The van der Waals surface area contributed by atoms with Gasteiger partial charge in [-0.05, 0) is 11.0 Å². The lowest BCUT2D eigenvalue weighted by molar-refractivity contribution is 0.234. The minimum atomic E-state index is 0.696. The van der Waals surface area contributed by atoms with Crippen molar-refractivity contribution in [3.8, 4) is 0 Å². The third-order valence-corrected chi connectivity index (χ3v) is 2.43. The van der Waals surface area contributed by atoms with E-state index in [1.165, 1.54) is 5.56 Å². The van der Waals surface area contributed by atoms with Gasteiger partial charge >= 0.3 is 0 Å². The average Bonchev–Trinajstić information content (AvgIpc) is 2.19. The van der Waals surface area contributed by atoms with Gasteiger partial charge < -0.3 is 4.74 Å². The first-order chi connectivity index (χ1) is 6.43. The van der Waals surface area contributed by atoms with Crippen LogP contribution in [0.2, 0.25) is 0 Å². The van der Waals surface area contributed by atoms with Crippen molar-refractivity contribution in [2.45, 2.75) is 5.75 Å². The minimum Gasteiger partial charge on any atom is -0.381 e. The highest BCUT2D eigenvalue weighted by molar-refractivity contribution is 8.01. The molecule has 0 heterocycles. The molecule has 70 valence electrons. The van der Waals surface area contributed by atoms with E-state index >= 15 is 0 Å². The summed E-state index contributed by atoms with van der Waals surface area (Å²) in [6, 6.07) is 10.4. The summed E-state index contributed by atoms with van der Waals surface area (Å²) in [6.45, 7) is 0.696. The Morgan fingerprint density at radius 1 is 1.31 bits per heavy atom. The molecule has 0 spiro atoms. The molecule has 0 unspecified atom stereocenters. The summed E-state index contributed by atoms with van der Waals surface area (Å²) in [4.78, 5) is 0. The molecule has 0 aliphatic heterocycles. The van der Waals surface area contributed by atoms with Gasteiger partial charge in [-0.3, -0.25) is 0 Å². The largest absolute Gasteiger partial charge is 0.381 e. The van der Waals surface area contributed by atoms with Gasteiger partial charge in [0.15, 0.2) is 0 Å². The Balaban J connectivity index is 2.20. The van der Waals surface area contributed by atoms with E-state index in [9.17, 15) is 0 Å². The lowest BCUT2D eigenvalue weighted by Crippen LogP contribution is -1.79. The van der Waals surface area contributed by atoms with Gasteiger partial charge in [-0.2, -0.15) is 0 Å². The van der Waals surface area contributed by atoms with Crippen LogP contribution >= 0.6 is 11.8 Å². The third-order valence-electron chi connectivity index (χ3n) is 1.55. The Morgan fingerprint density at radius 2 is 2.08 bits per heavy atom. The van der Waals surface area contributed by atoms with Gasteiger partial charge in [0.1, 0.15) is 0 Å². The topological polar surface area (TPSA) is 9.23 Å². The van der Waals surface area contributed by atoms with Gasteiger partial charge in [0.05, 0.1) is 6.61 Å². The zero-order chi connectivity index (χ0) is 9.36. The monoisotopic (exact) mass is 194 g/mol. The maximum Gasteiger partial charge on any atom is 0.0651 e. The quantitative estimate of drug-likeness (QED) is 0.712. The highest BCUT2D eigenvalue weighted by Crippen LogP contribution is 2.12. The predicted octanol–water partition coefficient (Wildman–Crippen LogP) is 3.08. The number of rotatable bonds is 5. The smallest absolute Gasteiger partial charge is 0.0651 e. The molecule has 0 bridgehead atoms. The molecular weight excluding hydrogens is 180 g/mol. The molecule has 0 aliphatic rings. The molecule has 0 saturated carbocycles. The second-order valence-electron chi connectivity index (χ2n) is 2.62. The van der Waals surface area contributed by atoms with Gasteiger partial charge in [0.2, 0.25) is 0 Å². The number of thioether (sulfide) groups is 1. The van der Waals surface area contributed by atoms with E-state index < -0.39 is 0 Å². The zero-order valence-electron chi connectivity index (χ0n) is 7.77. The number of hydrogen-bond acceptors (Lipinski definition) is 2. The second-order valence-corrected chi connectivity index (χ2v) is 3.52. The minimum absolute atomic E-state index is 0.696. The molecule has 0 aliphatic carbocycles. The van der Waals surface area contributed by atoms with E-state index in [1.807, 2.05) is 12.1 Å². The number of benzene rings is 1. The first-order valence-corrected chi connectivity index (χ1v) is 5.28. The maximum absolute atomic E-state index is 4.89. The third kappa shape index (κ3) is 4.76. The van der Waals surface area contributed by atoms with E-state index in [1.54, 1.807) is 18.9 Å². The zero-order valence-corrected chi connectivity index (χ0v) is 8.59. The summed E-state index contributed by atoms with van der Waals surface area (Å²) >= 11 is 1.79. The molecule has 0 amide bonds. The van der Waals surface area contributed by atoms with Crippen molar-refractivity contribution >= 4 is 11.8 Å². The number of methoxy groups -OCH3 is 1. The SMILES string of the molecule is COC/C=C/SCc1ccccc1. The van der Waals surface area contributed by atoms with E-state index in [0.717, 1.165) is 5.75 Å². The highest BCUT2D eigenvalue weighted by Gasteiger charge is 1.87. The number of ether oxygens (including phenoxy) is 1. The molecule has 0 saturated heterocycles. The molecule has 0 N–H and O–H groups in total. The van der Waals surface area contributed by atoms with Crippen LogP contribution in [0.25, 0.3) is 0 Å². The Bertz CT molecular complexity index is 244. The molecule has 1 rings (SSSR count). The van der Waals surface area contributed by atoms with Crippen LogP contribution in [-0.4, -0.2) is 13.7 Å². The Hall–Kier alpha value is -0.730. The van der Waals surface area contributed by atoms with Crippen molar-refractivity contribution in [3.05, 3.63) is 47.4 Å². The lowest BCUT2D eigenvalue weighted by atomic mass is 10.2. The van der Waals surface area contributed by atoms with Gasteiger partial charge in [-0.1, -0.05) is 36.4 Å². The van der Waals surface area contributed by atoms with Crippen LogP contribution in [0.15, 0.2) is 41.8 Å². The van der Waals surface area contributed by atoms with Crippen LogP contribution < -0.4 is 0 Å². The molecule has 2 heteroatoms. The summed E-state index contributed by atoms with van der Waals surface area (Å²) in [5.41, 5.74) is 1.36. The Morgan fingerprint density at radius 3 is 2.77 bits per heavy atom. The Labute approximate surface area is 83.8 Å². The van der Waals surface area contributed by atoms with E-state index in [2.05, 4.69) is 29.7 Å². The molecule has 0 radical (unpaired) electrons. The first kappa shape index (κ1) is 10.4. The highest BCUT2D eigenvalue weighted by atomic mass is 32.2. The fourth-order valence-electron chi connectivity index (χ4n) is 0.922. The summed E-state index contributed by atoms with van der Waals surface area (Å²) in [7, 11) is 1.70. The van der Waals surface area contributed by atoms with Crippen LogP contribution in [0.1, 0.15) is 5.56 Å². The van der Waals surface area contributed by atoms with Gasteiger partial charge in [-0.15, -0.1) is 11.8 Å². The van der Waals surface area contributed by atoms with Crippen molar-refractivity contribution < 1.29 is 4.74 Å². The van der Waals surface area contributed by atoms with Crippen LogP contribution in [0, 0.1) is 0 Å². The summed E-state index contributed by atoms with van der Waals surface area (Å²) in [6.07, 6.45) is 2.02. The summed E-state index contributed by atoms with van der Waals surface area (Å²) in [5.74, 6) is 1.03. The molecule has 1 aromatic rings. The number of hydrogen-bond donors (Lipinski definition) is 0.